The van der Waals surface area contributed by atoms with Crippen LogP contribution in [0, 0.1) is 0 Å². The van der Waals surface area contributed by atoms with E-state index in [1.807, 2.05) is 30.5 Å². The van der Waals surface area contributed by atoms with E-state index in [0.29, 0.717) is 0 Å². The van der Waals surface area contributed by atoms with Gasteiger partial charge in [-0.05, 0) is 59.6 Å². The molecule has 0 aliphatic rings. The number of anilines is 2. The first-order valence-electron chi connectivity index (χ1n) is 7.02. The predicted molar refractivity (Wildman–Crippen MR) is 94.3 cm³/mol. The monoisotopic (exact) mass is 367 g/mol. The van der Waals surface area contributed by atoms with Crippen molar-refractivity contribution < 1.29 is 0 Å². The summed E-state index contributed by atoms with van der Waals surface area (Å²) >= 11 is 9.43. The Morgan fingerprint density at radius 2 is 1.95 bits per heavy atom. The number of aromatic nitrogens is 1. The van der Waals surface area contributed by atoms with E-state index in [0.717, 1.165) is 40.6 Å². The van der Waals surface area contributed by atoms with Crippen LogP contribution < -0.4 is 10.2 Å². The van der Waals surface area contributed by atoms with Gasteiger partial charge in [-0.1, -0.05) is 17.7 Å². The second-order valence-corrected chi connectivity index (χ2v) is 5.94. The molecule has 0 unspecified atom stereocenters. The molecular formula is C16H19BrClN3. The molecule has 1 N–H and O–H groups in total. The maximum Gasteiger partial charge on any atom is 0.128 e. The Labute approximate surface area is 139 Å². The smallest absolute Gasteiger partial charge is 0.128 e. The molecule has 0 aliphatic heterocycles. The molecule has 1 heterocycles. The van der Waals surface area contributed by atoms with Crippen molar-refractivity contribution in [2.75, 3.05) is 23.3 Å². The van der Waals surface area contributed by atoms with Gasteiger partial charge in [-0.2, -0.15) is 0 Å². The van der Waals surface area contributed by atoms with E-state index in [-0.39, 0.29) is 0 Å². The second kappa shape index (κ2) is 7.66. The quantitative estimate of drug-likeness (QED) is 0.781. The van der Waals surface area contributed by atoms with E-state index in [2.05, 4.69) is 51.0 Å². The van der Waals surface area contributed by atoms with Crippen LogP contribution in [0.25, 0.3) is 0 Å². The van der Waals surface area contributed by atoms with Crippen LogP contribution in [0.1, 0.15) is 19.4 Å². The summed E-state index contributed by atoms with van der Waals surface area (Å²) in [4.78, 5) is 6.72. The van der Waals surface area contributed by atoms with Gasteiger partial charge < -0.3 is 10.2 Å². The summed E-state index contributed by atoms with van der Waals surface area (Å²) in [6.07, 6.45) is 1.87. The summed E-state index contributed by atoms with van der Waals surface area (Å²) in [5.74, 6) is 1.01. The lowest BCUT2D eigenvalue weighted by Crippen LogP contribution is -2.22. The average molecular weight is 369 g/mol. The molecule has 0 amide bonds. The average Bonchev–Trinajstić information content (AvgIpc) is 2.51. The fraction of sp³-hybridized carbons (Fsp3) is 0.312. The van der Waals surface area contributed by atoms with Gasteiger partial charge in [-0.25, -0.2) is 4.98 Å². The van der Waals surface area contributed by atoms with E-state index in [4.69, 9.17) is 11.6 Å². The third-order valence-corrected chi connectivity index (χ3v) is 4.53. The Morgan fingerprint density at radius 1 is 1.19 bits per heavy atom. The Morgan fingerprint density at radius 3 is 2.52 bits per heavy atom. The number of hydrogen-bond acceptors (Lipinski definition) is 3. The summed E-state index contributed by atoms with van der Waals surface area (Å²) in [6, 6.07) is 10.0. The SMILES string of the molecule is CCN(CC)c1ccc(NCc2ccc(Cl)c(Br)c2)cn1. The molecule has 1 aromatic heterocycles. The minimum Gasteiger partial charge on any atom is -0.380 e. The molecule has 2 rings (SSSR count). The van der Waals surface area contributed by atoms with Crippen molar-refractivity contribution in [1.29, 1.82) is 0 Å². The standard InChI is InChI=1S/C16H19BrClN3/c1-3-21(4-2)16-8-6-13(11-20-16)19-10-12-5-7-15(18)14(17)9-12/h5-9,11,19H,3-4,10H2,1-2H3. The zero-order valence-electron chi connectivity index (χ0n) is 12.2. The molecular weight excluding hydrogens is 350 g/mol. The van der Waals surface area contributed by atoms with Crippen LogP contribution in [-0.2, 0) is 6.54 Å². The highest BCUT2D eigenvalue weighted by atomic mass is 79.9. The number of nitrogens with zero attached hydrogens (tertiary/aromatic N) is 2. The first-order chi connectivity index (χ1) is 10.1. The van der Waals surface area contributed by atoms with Crippen LogP contribution in [0.3, 0.4) is 0 Å². The molecule has 0 atom stereocenters. The van der Waals surface area contributed by atoms with Crippen molar-refractivity contribution in [3.8, 4) is 0 Å². The molecule has 0 saturated carbocycles. The fourth-order valence-corrected chi connectivity index (χ4v) is 2.62. The number of pyridine rings is 1. The highest BCUT2D eigenvalue weighted by Gasteiger charge is 2.03. The maximum absolute atomic E-state index is 5.99. The van der Waals surface area contributed by atoms with Crippen molar-refractivity contribution >= 4 is 39.0 Å². The molecule has 112 valence electrons. The fourth-order valence-electron chi connectivity index (χ4n) is 2.08. The third-order valence-electron chi connectivity index (χ3n) is 3.32. The topological polar surface area (TPSA) is 28.2 Å². The molecule has 5 heteroatoms. The molecule has 21 heavy (non-hydrogen) atoms. The van der Waals surface area contributed by atoms with Crippen LogP contribution in [-0.4, -0.2) is 18.1 Å². The van der Waals surface area contributed by atoms with Gasteiger partial charge in [0.25, 0.3) is 0 Å². The molecule has 0 saturated heterocycles. The summed E-state index contributed by atoms with van der Waals surface area (Å²) in [5, 5.41) is 4.09. The predicted octanol–water partition coefficient (Wildman–Crippen LogP) is 4.96. The van der Waals surface area contributed by atoms with E-state index >= 15 is 0 Å². The van der Waals surface area contributed by atoms with E-state index in [9.17, 15) is 0 Å². The maximum atomic E-state index is 5.99. The van der Waals surface area contributed by atoms with Gasteiger partial charge in [0.2, 0.25) is 0 Å². The first-order valence-corrected chi connectivity index (χ1v) is 8.20. The Bertz CT molecular complexity index is 583. The molecule has 0 radical (unpaired) electrons. The number of hydrogen-bond donors (Lipinski definition) is 1. The zero-order chi connectivity index (χ0) is 15.2. The van der Waals surface area contributed by atoms with Crippen LogP contribution in [0.15, 0.2) is 41.0 Å². The molecule has 0 bridgehead atoms. The lowest BCUT2D eigenvalue weighted by molar-refractivity contribution is 0.846. The van der Waals surface area contributed by atoms with Gasteiger partial charge in [0, 0.05) is 24.1 Å². The second-order valence-electron chi connectivity index (χ2n) is 4.68. The highest BCUT2D eigenvalue weighted by molar-refractivity contribution is 9.10. The summed E-state index contributed by atoms with van der Waals surface area (Å²) in [6.45, 7) is 6.94. The molecule has 0 aliphatic carbocycles. The number of benzene rings is 1. The van der Waals surface area contributed by atoms with Crippen molar-refractivity contribution in [2.45, 2.75) is 20.4 Å². The zero-order valence-corrected chi connectivity index (χ0v) is 14.6. The minimum atomic E-state index is 0.726. The van der Waals surface area contributed by atoms with Crippen molar-refractivity contribution in [2.24, 2.45) is 0 Å². The Balaban J connectivity index is 1.98. The Hall–Kier alpha value is -1.26. The molecule has 2 aromatic rings. The van der Waals surface area contributed by atoms with Gasteiger partial charge in [0.15, 0.2) is 0 Å². The number of halogens is 2. The van der Waals surface area contributed by atoms with E-state index in [1.54, 1.807) is 0 Å². The van der Waals surface area contributed by atoms with Gasteiger partial charge in [0.1, 0.15) is 5.82 Å². The molecule has 0 spiro atoms. The van der Waals surface area contributed by atoms with Gasteiger partial charge >= 0.3 is 0 Å². The lowest BCUT2D eigenvalue weighted by atomic mass is 10.2. The van der Waals surface area contributed by atoms with Gasteiger partial charge in [0.05, 0.1) is 16.9 Å². The van der Waals surface area contributed by atoms with Crippen molar-refractivity contribution in [3.05, 3.63) is 51.6 Å². The number of nitrogens with one attached hydrogen (secondary N) is 1. The highest BCUT2D eigenvalue weighted by Crippen LogP contribution is 2.23. The lowest BCUT2D eigenvalue weighted by Gasteiger charge is -2.19. The normalized spacial score (nSPS) is 10.5. The van der Waals surface area contributed by atoms with Crippen LogP contribution >= 0.6 is 27.5 Å². The summed E-state index contributed by atoms with van der Waals surface area (Å²) in [7, 11) is 0. The molecule has 0 fully saturated rings. The third kappa shape index (κ3) is 4.35. The van der Waals surface area contributed by atoms with Gasteiger partial charge in [-0.15, -0.1) is 0 Å². The number of rotatable bonds is 6. The minimum absolute atomic E-state index is 0.726. The van der Waals surface area contributed by atoms with Crippen LogP contribution in [0.5, 0.6) is 0 Å². The Kier molecular flexibility index (Phi) is 5.88. The van der Waals surface area contributed by atoms with Crippen molar-refractivity contribution in [3.63, 3.8) is 0 Å². The molecule has 1 aromatic carbocycles. The molecule has 3 nitrogen and oxygen atoms in total. The largest absolute Gasteiger partial charge is 0.380 e. The van der Waals surface area contributed by atoms with E-state index in [1.165, 1.54) is 5.56 Å². The van der Waals surface area contributed by atoms with Crippen LogP contribution in [0.2, 0.25) is 5.02 Å². The first kappa shape index (κ1) is 16.1. The van der Waals surface area contributed by atoms with Crippen molar-refractivity contribution in [1.82, 2.24) is 4.98 Å². The van der Waals surface area contributed by atoms with E-state index < -0.39 is 0 Å². The summed E-state index contributed by atoms with van der Waals surface area (Å²) < 4.78 is 0.915. The summed E-state index contributed by atoms with van der Waals surface area (Å²) in [5.41, 5.74) is 2.18. The van der Waals surface area contributed by atoms with Crippen LogP contribution in [0.4, 0.5) is 11.5 Å². The van der Waals surface area contributed by atoms with Gasteiger partial charge in [-0.3, -0.25) is 0 Å².